The molecule has 164 valence electrons. The quantitative estimate of drug-likeness (QED) is 0.706. The fraction of sp³-hybridized carbons (Fsp3) is 0.524. The molecule has 5 aliphatic rings. The maximum absolute atomic E-state index is 14.5. The van der Waals surface area contributed by atoms with Crippen molar-refractivity contribution in [3.05, 3.63) is 34.9 Å². The Morgan fingerprint density at radius 1 is 1.19 bits per heavy atom. The molecule has 6 rings (SSSR count). The monoisotopic (exact) mass is 435 g/mol. The number of piperidine rings is 1. The lowest BCUT2D eigenvalue weighted by Gasteiger charge is -2.67. The molecule has 1 aromatic carbocycles. The molecule has 2 aliphatic heterocycles. The molecule has 2 heterocycles. The number of nitrogens with two attached hydrogens (primary N) is 1. The summed E-state index contributed by atoms with van der Waals surface area (Å²) in [6.07, 6.45) is -3.47. The number of nitrogens with one attached hydrogen (secondary N) is 1. The van der Waals surface area contributed by atoms with Gasteiger partial charge in [0, 0.05) is 17.5 Å². The molecule has 2 unspecified atom stereocenters. The van der Waals surface area contributed by atoms with E-state index in [1.165, 1.54) is 18.2 Å². The predicted octanol–water partition coefficient (Wildman–Crippen LogP) is 2.07. The lowest BCUT2D eigenvalue weighted by atomic mass is 9.39. The van der Waals surface area contributed by atoms with Gasteiger partial charge in [-0.2, -0.15) is 13.2 Å². The largest absolute Gasteiger partial charge is 0.394 e. The summed E-state index contributed by atoms with van der Waals surface area (Å²) in [5.74, 6) is -4.43. The Labute approximate surface area is 175 Å². The highest BCUT2D eigenvalue weighted by atomic mass is 19.4. The van der Waals surface area contributed by atoms with Gasteiger partial charge in [-0.15, -0.1) is 0 Å². The SMILES string of the molecule is NC(=O)c1ccc2c(c1)C([C@H](C(F)(F)F)C13CC(C1)C3)N(C1CCC(=O)NC1=O)C2=O. The van der Waals surface area contributed by atoms with Crippen molar-refractivity contribution in [2.75, 3.05) is 0 Å². The van der Waals surface area contributed by atoms with Crippen molar-refractivity contribution in [1.82, 2.24) is 10.2 Å². The van der Waals surface area contributed by atoms with E-state index in [4.69, 9.17) is 5.73 Å². The van der Waals surface area contributed by atoms with Gasteiger partial charge < -0.3 is 10.6 Å². The maximum atomic E-state index is 14.5. The number of rotatable bonds is 4. The summed E-state index contributed by atoms with van der Waals surface area (Å²) in [4.78, 5) is 50.1. The number of halogens is 3. The van der Waals surface area contributed by atoms with E-state index in [-0.39, 0.29) is 35.4 Å². The summed E-state index contributed by atoms with van der Waals surface area (Å²) < 4.78 is 43.5. The van der Waals surface area contributed by atoms with Crippen LogP contribution in [0.5, 0.6) is 0 Å². The van der Waals surface area contributed by atoms with Crippen molar-refractivity contribution in [3.63, 3.8) is 0 Å². The first-order valence-corrected chi connectivity index (χ1v) is 10.2. The van der Waals surface area contributed by atoms with Crippen LogP contribution in [0.25, 0.3) is 0 Å². The number of amides is 4. The average molecular weight is 435 g/mol. The lowest BCUT2D eigenvalue weighted by Crippen LogP contribution is -2.64. The van der Waals surface area contributed by atoms with Crippen LogP contribution in [0, 0.1) is 17.3 Å². The summed E-state index contributed by atoms with van der Waals surface area (Å²) >= 11 is 0. The third-order valence-electron chi connectivity index (χ3n) is 7.38. The second kappa shape index (κ2) is 6.30. The van der Waals surface area contributed by atoms with Crippen molar-refractivity contribution < 1.29 is 32.3 Å². The van der Waals surface area contributed by atoms with Gasteiger partial charge in [-0.05, 0) is 60.8 Å². The van der Waals surface area contributed by atoms with Gasteiger partial charge in [-0.1, -0.05) is 0 Å². The zero-order valence-electron chi connectivity index (χ0n) is 16.4. The minimum Gasteiger partial charge on any atom is -0.366 e. The zero-order chi connectivity index (χ0) is 22.3. The van der Waals surface area contributed by atoms with Gasteiger partial charge in [0.05, 0.1) is 12.0 Å². The van der Waals surface area contributed by atoms with E-state index >= 15 is 0 Å². The van der Waals surface area contributed by atoms with E-state index in [0.29, 0.717) is 19.3 Å². The van der Waals surface area contributed by atoms with Gasteiger partial charge in [-0.3, -0.25) is 24.5 Å². The van der Waals surface area contributed by atoms with Crippen LogP contribution in [0.2, 0.25) is 0 Å². The molecule has 0 radical (unpaired) electrons. The lowest BCUT2D eigenvalue weighted by molar-refractivity contribution is -0.288. The predicted molar refractivity (Wildman–Crippen MR) is 99.4 cm³/mol. The van der Waals surface area contributed by atoms with Crippen LogP contribution in [0.15, 0.2) is 18.2 Å². The molecule has 1 aromatic rings. The Hall–Kier alpha value is -2.91. The van der Waals surface area contributed by atoms with E-state index in [9.17, 15) is 32.3 Å². The fourth-order valence-electron chi connectivity index (χ4n) is 5.98. The number of primary amides is 1. The highest BCUT2D eigenvalue weighted by molar-refractivity contribution is 6.06. The van der Waals surface area contributed by atoms with Gasteiger partial charge in [0.1, 0.15) is 6.04 Å². The second-order valence-corrected chi connectivity index (χ2v) is 9.15. The van der Waals surface area contributed by atoms with E-state index in [1.54, 1.807) is 0 Å². The van der Waals surface area contributed by atoms with Gasteiger partial charge in [0.15, 0.2) is 0 Å². The number of imide groups is 1. The summed E-state index contributed by atoms with van der Waals surface area (Å²) in [6, 6.07) is 1.19. The Bertz CT molecular complexity index is 1020. The standard InChI is InChI=1S/C21H20F3N3O4/c22-21(23,24)16(20-6-9(7-20)8-20)15-12-5-10(17(25)29)1-2-11(12)19(31)27(15)13-3-4-14(28)26-18(13)30/h1-2,5,9,13,15-16H,3-4,6-8H2,(H2,25,29)(H,26,28,30)/t9?,13?,15?,16-,20?/m0/s1. The minimum atomic E-state index is -4.63. The van der Waals surface area contributed by atoms with Crippen LogP contribution in [-0.4, -0.2) is 40.7 Å². The topological polar surface area (TPSA) is 110 Å². The van der Waals surface area contributed by atoms with Crippen molar-refractivity contribution in [2.24, 2.45) is 23.0 Å². The Morgan fingerprint density at radius 2 is 1.87 bits per heavy atom. The van der Waals surface area contributed by atoms with Crippen LogP contribution in [0.1, 0.15) is 64.4 Å². The maximum Gasteiger partial charge on any atom is 0.394 e. The molecule has 3 atom stereocenters. The number of fused-ring (bicyclic) bond motifs is 1. The molecule has 4 fully saturated rings. The molecule has 3 N–H and O–H groups in total. The minimum absolute atomic E-state index is 0.000179. The Balaban J connectivity index is 1.66. The van der Waals surface area contributed by atoms with Crippen molar-refractivity contribution >= 4 is 23.6 Å². The first kappa shape index (κ1) is 20.0. The van der Waals surface area contributed by atoms with Crippen LogP contribution in [0.4, 0.5) is 13.2 Å². The molecule has 3 aliphatic carbocycles. The number of carbonyl (C=O) groups excluding carboxylic acids is 4. The second-order valence-electron chi connectivity index (χ2n) is 9.15. The van der Waals surface area contributed by atoms with Crippen LogP contribution >= 0.6 is 0 Å². The van der Waals surface area contributed by atoms with E-state index in [2.05, 4.69) is 5.32 Å². The molecule has 3 saturated carbocycles. The molecule has 31 heavy (non-hydrogen) atoms. The number of benzene rings is 1. The van der Waals surface area contributed by atoms with Crippen molar-refractivity contribution in [1.29, 1.82) is 0 Å². The molecule has 0 spiro atoms. The summed E-state index contributed by atoms with van der Waals surface area (Å²) in [6.45, 7) is 0. The average Bonchev–Trinajstić information content (AvgIpc) is 2.87. The summed E-state index contributed by atoms with van der Waals surface area (Å²) in [5, 5.41) is 2.13. The molecular formula is C21H20F3N3O4. The Morgan fingerprint density at radius 3 is 2.39 bits per heavy atom. The fourth-order valence-corrected chi connectivity index (χ4v) is 5.98. The van der Waals surface area contributed by atoms with E-state index in [1.807, 2.05) is 0 Å². The zero-order valence-corrected chi connectivity index (χ0v) is 16.4. The van der Waals surface area contributed by atoms with Gasteiger partial charge in [0.2, 0.25) is 17.7 Å². The number of carbonyl (C=O) groups is 4. The molecule has 2 bridgehead atoms. The Kier molecular flexibility index (Phi) is 4.07. The first-order valence-electron chi connectivity index (χ1n) is 10.2. The first-order chi connectivity index (χ1) is 14.5. The molecule has 1 saturated heterocycles. The third-order valence-corrected chi connectivity index (χ3v) is 7.38. The van der Waals surface area contributed by atoms with Gasteiger partial charge >= 0.3 is 6.18 Å². The molecule has 0 aromatic heterocycles. The summed E-state index contributed by atoms with van der Waals surface area (Å²) in [5.41, 5.74) is 4.46. The van der Waals surface area contributed by atoms with Crippen LogP contribution in [-0.2, 0) is 9.59 Å². The van der Waals surface area contributed by atoms with Gasteiger partial charge in [0.25, 0.3) is 5.91 Å². The van der Waals surface area contributed by atoms with Crippen molar-refractivity contribution in [2.45, 2.75) is 50.4 Å². The van der Waals surface area contributed by atoms with Crippen LogP contribution in [0.3, 0.4) is 0 Å². The molecular weight excluding hydrogens is 415 g/mol. The highest BCUT2D eigenvalue weighted by Crippen LogP contribution is 2.73. The number of nitrogens with zero attached hydrogens (tertiary/aromatic N) is 1. The third kappa shape index (κ3) is 2.80. The normalized spacial score (nSPS) is 32.7. The molecule has 7 nitrogen and oxygen atoms in total. The summed E-state index contributed by atoms with van der Waals surface area (Å²) in [7, 11) is 0. The van der Waals surface area contributed by atoms with Gasteiger partial charge in [-0.25, -0.2) is 0 Å². The highest BCUT2D eigenvalue weighted by Gasteiger charge is 2.71. The number of hydrogen-bond donors (Lipinski definition) is 2. The smallest absolute Gasteiger partial charge is 0.366 e. The number of alkyl halides is 3. The van der Waals surface area contributed by atoms with E-state index in [0.717, 1.165) is 4.90 Å². The number of hydrogen-bond acceptors (Lipinski definition) is 4. The molecule has 10 heteroatoms. The van der Waals surface area contributed by atoms with Crippen molar-refractivity contribution in [3.8, 4) is 0 Å². The molecule has 4 amide bonds. The van der Waals surface area contributed by atoms with Crippen LogP contribution < -0.4 is 11.1 Å². The van der Waals surface area contributed by atoms with E-state index < -0.39 is 53.2 Å².